The van der Waals surface area contributed by atoms with Gasteiger partial charge in [0.25, 0.3) is 0 Å². The zero-order valence-electron chi connectivity index (χ0n) is 7.78. The van der Waals surface area contributed by atoms with Crippen LogP contribution in [0.2, 0.25) is 0 Å². The molecule has 1 atom stereocenters. The third-order valence-electron chi connectivity index (χ3n) is 1.31. The topological polar surface area (TPSA) is 138 Å². The largest absolute Gasteiger partial charge is 1.00 e. The Balaban J connectivity index is 0. The second-order valence-electron chi connectivity index (χ2n) is 2.39. The van der Waals surface area contributed by atoms with Gasteiger partial charge in [-0.2, -0.15) is 0 Å². The summed E-state index contributed by atoms with van der Waals surface area (Å²) in [5.74, 6) is -1.50. The van der Waals surface area contributed by atoms with Crippen LogP contribution in [0.5, 0.6) is 0 Å². The molecule has 0 spiro atoms. The van der Waals surface area contributed by atoms with Crippen molar-refractivity contribution in [2.24, 2.45) is 11.5 Å². The summed E-state index contributed by atoms with van der Waals surface area (Å²) < 4.78 is 0. The van der Waals surface area contributed by atoms with Crippen molar-refractivity contribution < 1.29 is 70.9 Å². The van der Waals surface area contributed by atoms with Crippen LogP contribution in [-0.2, 0) is 9.59 Å². The molecular formula is C6H10KN3O4. The Hall–Kier alpha value is -0.154. The molecule has 0 aliphatic rings. The fourth-order valence-corrected chi connectivity index (χ4v) is 0.714. The predicted octanol–water partition coefficient (Wildman–Crippen LogP) is -5.96. The number of nitrogens with one attached hydrogen (secondary N) is 1. The molecule has 0 aromatic rings. The fraction of sp³-hybridized carbons (Fsp3) is 0.500. The molecule has 0 aliphatic heterocycles. The van der Waals surface area contributed by atoms with Gasteiger partial charge in [-0.15, -0.1) is 0 Å². The molecule has 8 heteroatoms. The Morgan fingerprint density at radius 2 is 1.79 bits per heavy atom. The van der Waals surface area contributed by atoms with E-state index >= 15 is 0 Å². The van der Waals surface area contributed by atoms with Crippen LogP contribution in [0, 0.1) is 0 Å². The van der Waals surface area contributed by atoms with Crippen LogP contribution in [0.4, 0.5) is 4.79 Å². The van der Waals surface area contributed by atoms with Crippen molar-refractivity contribution in [2.45, 2.75) is 18.9 Å². The Bertz CT molecular complexity index is 233. The van der Waals surface area contributed by atoms with Crippen LogP contribution < -0.4 is 73.3 Å². The van der Waals surface area contributed by atoms with Crippen LogP contribution in [0.25, 0.3) is 0 Å². The van der Waals surface area contributed by atoms with Crippen molar-refractivity contribution >= 4 is 17.9 Å². The molecule has 0 heterocycles. The van der Waals surface area contributed by atoms with E-state index in [1.165, 1.54) is 0 Å². The number of rotatable bonds is 5. The number of nitrogens with two attached hydrogens (primary N) is 2. The molecule has 0 fully saturated rings. The van der Waals surface area contributed by atoms with E-state index in [1.54, 1.807) is 5.32 Å². The number of carbonyl (C=O) groups is 3. The van der Waals surface area contributed by atoms with Crippen LogP contribution in [0.1, 0.15) is 12.8 Å². The third kappa shape index (κ3) is 8.44. The number of hydrogen-bond donors (Lipinski definition) is 3. The molecular weight excluding hydrogens is 217 g/mol. The smallest absolute Gasteiger partial charge is 0.530 e. The Kier molecular flexibility index (Phi) is 9.51. The molecule has 14 heavy (non-hydrogen) atoms. The van der Waals surface area contributed by atoms with Gasteiger partial charge in [0.1, 0.15) is 12.1 Å². The third-order valence-corrected chi connectivity index (χ3v) is 1.31. The van der Waals surface area contributed by atoms with Crippen molar-refractivity contribution in [2.75, 3.05) is 0 Å². The summed E-state index contributed by atoms with van der Waals surface area (Å²) in [5.41, 5.74) is 9.62. The average molecular weight is 227 g/mol. The average Bonchev–Trinajstić information content (AvgIpc) is 1.96. The number of carbonyl (C=O) groups excluding carboxylic acids is 3. The van der Waals surface area contributed by atoms with E-state index < -0.39 is 23.9 Å². The van der Waals surface area contributed by atoms with Gasteiger partial charge >= 0.3 is 51.4 Å². The number of amides is 3. The van der Waals surface area contributed by atoms with E-state index in [9.17, 15) is 19.5 Å². The number of hydrogen-bond acceptors (Lipinski definition) is 4. The summed E-state index contributed by atoms with van der Waals surface area (Å²) in [6.07, 6.45) is -1.79. The molecule has 0 saturated heterocycles. The summed E-state index contributed by atoms with van der Waals surface area (Å²) in [6, 6.07) is -1.13. The summed E-state index contributed by atoms with van der Waals surface area (Å²) in [7, 11) is 0. The van der Waals surface area contributed by atoms with Gasteiger partial charge < -0.3 is 26.7 Å². The zero-order chi connectivity index (χ0) is 10.4. The van der Waals surface area contributed by atoms with Gasteiger partial charge in [-0.25, -0.2) is 0 Å². The molecule has 0 aromatic heterocycles. The van der Waals surface area contributed by atoms with Crippen molar-refractivity contribution in [1.82, 2.24) is 5.32 Å². The van der Waals surface area contributed by atoms with Gasteiger partial charge in [0.05, 0.1) is 0 Å². The van der Waals surface area contributed by atoms with Gasteiger partial charge in [-0.3, -0.25) is 9.59 Å². The first-order valence-corrected chi connectivity index (χ1v) is 3.48. The van der Waals surface area contributed by atoms with Gasteiger partial charge in [-0.05, 0) is 6.42 Å². The summed E-state index contributed by atoms with van der Waals surface area (Å²) in [6.45, 7) is 0. The van der Waals surface area contributed by atoms with E-state index in [1.807, 2.05) is 0 Å². The Labute approximate surface area is 123 Å². The minimum atomic E-state index is -1.62. The van der Waals surface area contributed by atoms with Gasteiger partial charge in [-0.1, -0.05) is 0 Å². The van der Waals surface area contributed by atoms with E-state index in [2.05, 4.69) is 0 Å². The van der Waals surface area contributed by atoms with Crippen LogP contribution in [0.3, 0.4) is 0 Å². The van der Waals surface area contributed by atoms with Crippen LogP contribution >= 0.6 is 0 Å². The molecule has 0 radical (unpaired) electrons. The predicted molar refractivity (Wildman–Crippen MR) is 39.9 cm³/mol. The van der Waals surface area contributed by atoms with E-state index in [0.29, 0.717) is 0 Å². The van der Waals surface area contributed by atoms with Crippen molar-refractivity contribution in [3.05, 3.63) is 0 Å². The number of primary amides is 2. The molecule has 0 aromatic carbocycles. The van der Waals surface area contributed by atoms with Crippen molar-refractivity contribution in [1.29, 1.82) is 0 Å². The van der Waals surface area contributed by atoms with Gasteiger partial charge in [0.2, 0.25) is 11.8 Å². The summed E-state index contributed by atoms with van der Waals surface area (Å²) in [5, 5.41) is 11.8. The maximum absolute atomic E-state index is 10.6. The maximum atomic E-state index is 10.6. The maximum Gasteiger partial charge on any atom is 1.00 e. The van der Waals surface area contributed by atoms with E-state index in [0.717, 1.165) is 0 Å². The molecule has 0 bridgehead atoms. The van der Waals surface area contributed by atoms with Crippen molar-refractivity contribution in [3.63, 3.8) is 0 Å². The second kappa shape index (κ2) is 8.18. The molecule has 7 nitrogen and oxygen atoms in total. The molecule has 5 N–H and O–H groups in total. The SMILES string of the molecule is NC(=O)CC[C@H](NC(=O)[O-])C(N)=O.[K+]. The van der Waals surface area contributed by atoms with Crippen molar-refractivity contribution in [3.8, 4) is 0 Å². The molecule has 0 saturated carbocycles. The molecule has 0 unspecified atom stereocenters. The quantitative estimate of drug-likeness (QED) is 0.402. The monoisotopic (exact) mass is 227 g/mol. The van der Waals surface area contributed by atoms with Crippen LogP contribution in [-0.4, -0.2) is 23.9 Å². The minimum absolute atomic E-state index is 0. The number of carboxylic acid groups (broad SMARTS) is 1. The first-order chi connectivity index (χ1) is 5.93. The normalized spacial score (nSPS) is 10.9. The second-order valence-corrected chi connectivity index (χ2v) is 2.39. The molecule has 74 valence electrons. The van der Waals surface area contributed by atoms with E-state index in [4.69, 9.17) is 11.5 Å². The first kappa shape index (κ1) is 16.3. The minimum Gasteiger partial charge on any atom is -0.530 e. The standard InChI is InChI=1S/C6H11N3O4.K/c7-4(10)2-1-3(5(8)11)9-6(12)13;/h3,9H,1-2H2,(H2,7,10)(H2,8,11)(H,12,13);/q;+1/p-1/t3-;/m0./s1. The molecule has 0 rings (SSSR count). The van der Waals surface area contributed by atoms with Crippen LogP contribution in [0.15, 0.2) is 0 Å². The van der Waals surface area contributed by atoms with E-state index in [-0.39, 0.29) is 64.2 Å². The Morgan fingerprint density at radius 3 is 2.07 bits per heavy atom. The van der Waals surface area contributed by atoms with Gasteiger partial charge in [0.15, 0.2) is 0 Å². The first-order valence-electron chi connectivity index (χ1n) is 3.48. The summed E-state index contributed by atoms with van der Waals surface area (Å²) in [4.78, 5) is 30.9. The molecule has 3 amide bonds. The Morgan fingerprint density at radius 1 is 1.29 bits per heavy atom. The molecule has 0 aliphatic carbocycles. The fourth-order valence-electron chi connectivity index (χ4n) is 0.714. The van der Waals surface area contributed by atoms with Gasteiger partial charge in [0, 0.05) is 6.42 Å². The summed E-state index contributed by atoms with van der Waals surface area (Å²) >= 11 is 0. The zero-order valence-corrected chi connectivity index (χ0v) is 10.9.